The fourth-order valence-electron chi connectivity index (χ4n) is 4.32. The van der Waals surface area contributed by atoms with Crippen LogP contribution in [0.5, 0.6) is 0 Å². The van der Waals surface area contributed by atoms with Gasteiger partial charge in [-0.05, 0) is 78.7 Å². The van der Waals surface area contributed by atoms with Crippen LogP contribution in [-0.2, 0) is 23.1 Å². The lowest BCUT2D eigenvalue weighted by Crippen LogP contribution is -2.30. The lowest BCUT2D eigenvalue weighted by atomic mass is 10.1. The highest BCUT2D eigenvalue weighted by molar-refractivity contribution is 9.10. The number of pyridine rings is 1. The van der Waals surface area contributed by atoms with Gasteiger partial charge in [0.05, 0.1) is 23.3 Å². The van der Waals surface area contributed by atoms with Crippen LogP contribution in [0.4, 0.5) is 0 Å². The van der Waals surface area contributed by atoms with E-state index in [-0.39, 0.29) is 18.0 Å². The van der Waals surface area contributed by atoms with Crippen molar-refractivity contribution >= 4 is 43.7 Å². The molecule has 9 nitrogen and oxygen atoms in total. The fourth-order valence-corrected chi connectivity index (χ4v) is 6.05. The Bertz CT molecular complexity index is 1840. The van der Waals surface area contributed by atoms with Crippen LogP contribution >= 0.6 is 15.9 Å². The number of halogens is 1. The Balaban J connectivity index is 1.33. The Morgan fingerprint density at radius 3 is 2.37 bits per heavy atom. The van der Waals surface area contributed by atoms with E-state index in [0.717, 1.165) is 21.2 Å². The number of hydrazone groups is 1. The number of carbonyl (C=O) groups excluding carboxylic acids is 1. The van der Waals surface area contributed by atoms with E-state index in [4.69, 9.17) is 4.42 Å². The highest BCUT2D eigenvalue weighted by Gasteiger charge is 2.26. The molecule has 0 aliphatic carbocycles. The molecule has 0 bridgehead atoms. The van der Waals surface area contributed by atoms with E-state index < -0.39 is 15.9 Å². The lowest BCUT2D eigenvalue weighted by molar-refractivity contribution is 0.0948. The van der Waals surface area contributed by atoms with Gasteiger partial charge in [-0.2, -0.15) is 9.41 Å². The van der Waals surface area contributed by atoms with Crippen molar-refractivity contribution in [3.8, 4) is 0 Å². The monoisotopic (exact) mass is 633 g/mol. The molecule has 1 N–H and O–H groups in total. The summed E-state index contributed by atoms with van der Waals surface area (Å²) in [7, 11) is -3.82. The molecule has 0 aliphatic heterocycles. The SMILES string of the molecule is Cc1ccc(CN(Cc2ccc(/C=N/NC(=O)c3c(C)nc4ccc(Br)cn34)o2)S(=O)(=O)c2ccc(C)cc2)cc1. The molecule has 0 saturated carbocycles. The molecule has 2 aromatic carbocycles. The average molecular weight is 635 g/mol. The first-order valence-corrected chi connectivity index (χ1v) is 15.0. The van der Waals surface area contributed by atoms with Gasteiger partial charge in [-0.15, -0.1) is 0 Å². The average Bonchev–Trinajstić information content (AvgIpc) is 3.52. The number of sulfonamides is 1. The van der Waals surface area contributed by atoms with Gasteiger partial charge in [0.1, 0.15) is 22.9 Å². The van der Waals surface area contributed by atoms with Gasteiger partial charge in [-0.25, -0.2) is 18.8 Å². The van der Waals surface area contributed by atoms with Gasteiger partial charge in [0.2, 0.25) is 10.0 Å². The second-order valence-electron chi connectivity index (χ2n) is 9.70. The van der Waals surface area contributed by atoms with Crippen LogP contribution in [0.15, 0.2) is 97.9 Å². The summed E-state index contributed by atoms with van der Waals surface area (Å²) in [6.07, 6.45) is 3.13. The van der Waals surface area contributed by atoms with Crippen LogP contribution < -0.4 is 5.43 Å². The van der Waals surface area contributed by atoms with Crippen molar-refractivity contribution in [2.75, 3.05) is 0 Å². The van der Waals surface area contributed by atoms with E-state index in [9.17, 15) is 13.2 Å². The van der Waals surface area contributed by atoms with E-state index in [2.05, 4.69) is 31.4 Å². The van der Waals surface area contributed by atoms with Crippen molar-refractivity contribution in [1.82, 2.24) is 19.1 Å². The van der Waals surface area contributed by atoms with Crippen molar-refractivity contribution < 1.29 is 17.6 Å². The first kappa shape index (κ1) is 28.5. The summed E-state index contributed by atoms with van der Waals surface area (Å²) in [4.78, 5) is 17.5. The summed E-state index contributed by atoms with van der Waals surface area (Å²) < 4.78 is 37.0. The van der Waals surface area contributed by atoms with E-state index >= 15 is 0 Å². The number of nitrogens with one attached hydrogen (secondary N) is 1. The van der Waals surface area contributed by atoms with Gasteiger partial charge in [-0.3, -0.25) is 9.20 Å². The molecular weight excluding hydrogens is 606 g/mol. The van der Waals surface area contributed by atoms with E-state index in [1.165, 1.54) is 10.5 Å². The number of amides is 1. The third-order valence-corrected chi connectivity index (χ3v) is 8.76. The molecule has 11 heteroatoms. The zero-order valence-electron chi connectivity index (χ0n) is 22.7. The molecule has 0 aliphatic rings. The highest BCUT2D eigenvalue weighted by Crippen LogP contribution is 2.23. The van der Waals surface area contributed by atoms with Gasteiger partial charge in [-0.1, -0.05) is 47.5 Å². The molecule has 5 rings (SSSR count). The second kappa shape index (κ2) is 11.8. The summed E-state index contributed by atoms with van der Waals surface area (Å²) in [6.45, 7) is 5.83. The Kier molecular flexibility index (Phi) is 8.20. The topological polar surface area (TPSA) is 109 Å². The molecule has 0 fully saturated rings. The molecule has 1 amide bonds. The van der Waals surface area contributed by atoms with Crippen molar-refractivity contribution in [3.63, 3.8) is 0 Å². The van der Waals surface area contributed by atoms with Crippen molar-refractivity contribution in [2.24, 2.45) is 5.10 Å². The zero-order chi connectivity index (χ0) is 29.1. The number of furan rings is 1. The Morgan fingerprint density at radius 1 is 0.976 bits per heavy atom. The van der Waals surface area contributed by atoms with Crippen molar-refractivity contribution in [3.05, 3.63) is 123 Å². The van der Waals surface area contributed by atoms with Crippen LogP contribution in [0.1, 0.15) is 44.4 Å². The van der Waals surface area contributed by atoms with Crippen LogP contribution in [0.2, 0.25) is 0 Å². The molecule has 0 unspecified atom stereocenters. The number of carbonyl (C=O) groups is 1. The lowest BCUT2D eigenvalue weighted by Gasteiger charge is -2.21. The maximum Gasteiger partial charge on any atom is 0.290 e. The predicted molar refractivity (Wildman–Crippen MR) is 160 cm³/mol. The van der Waals surface area contributed by atoms with E-state index in [1.807, 2.05) is 50.2 Å². The van der Waals surface area contributed by atoms with Crippen molar-refractivity contribution in [2.45, 2.75) is 38.8 Å². The number of aromatic nitrogens is 2. The largest absolute Gasteiger partial charge is 0.459 e. The molecule has 3 aromatic heterocycles. The van der Waals surface area contributed by atoms with Crippen LogP contribution in [0.25, 0.3) is 5.65 Å². The van der Waals surface area contributed by atoms with Gasteiger partial charge in [0.25, 0.3) is 5.91 Å². The molecule has 5 aromatic rings. The van der Waals surface area contributed by atoms with Crippen LogP contribution in [-0.4, -0.2) is 34.2 Å². The van der Waals surface area contributed by atoms with Gasteiger partial charge in [0, 0.05) is 17.2 Å². The molecule has 0 atom stereocenters. The summed E-state index contributed by atoms with van der Waals surface area (Å²) in [5, 5.41) is 4.04. The smallest absolute Gasteiger partial charge is 0.290 e. The minimum absolute atomic E-state index is 0.0141. The molecular formula is C30H28BrN5O4S. The Labute approximate surface area is 246 Å². The first-order chi connectivity index (χ1) is 19.6. The summed E-state index contributed by atoms with van der Waals surface area (Å²) in [5.74, 6) is 0.369. The summed E-state index contributed by atoms with van der Waals surface area (Å²) in [5.41, 5.74) is 7.01. The summed E-state index contributed by atoms with van der Waals surface area (Å²) >= 11 is 3.41. The molecule has 0 radical (unpaired) electrons. The number of imidazole rings is 1. The minimum atomic E-state index is -3.82. The highest BCUT2D eigenvalue weighted by atomic mass is 79.9. The number of hydrogen-bond acceptors (Lipinski definition) is 6. The maximum atomic E-state index is 13.6. The van der Waals surface area contributed by atoms with Crippen LogP contribution in [0.3, 0.4) is 0 Å². The number of rotatable bonds is 9. The molecule has 3 heterocycles. The van der Waals surface area contributed by atoms with Gasteiger partial charge < -0.3 is 4.42 Å². The maximum absolute atomic E-state index is 13.6. The minimum Gasteiger partial charge on any atom is -0.459 e. The summed E-state index contributed by atoms with van der Waals surface area (Å²) in [6, 6.07) is 21.5. The van der Waals surface area contributed by atoms with Crippen molar-refractivity contribution in [1.29, 1.82) is 0 Å². The molecule has 210 valence electrons. The molecule has 0 spiro atoms. The van der Waals surface area contributed by atoms with Crippen LogP contribution in [0, 0.1) is 20.8 Å². The zero-order valence-corrected chi connectivity index (χ0v) is 25.1. The van der Waals surface area contributed by atoms with Gasteiger partial charge >= 0.3 is 0 Å². The number of benzene rings is 2. The van der Waals surface area contributed by atoms with E-state index in [1.54, 1.807) is 53.9 Å². The second-order valence-corrected chi connectivity index (χ2v) is 12.5. The fraction of sp³-hybridized carbons (Fsp3) is 0.167. The standard InChI is InChI=1S/C30H28BrN5O4S/c1-20-4-8-23(9-5-20)17-35(41(38,39)27-13-6-21(2)7-14-27)19-26-12-11-25(40-26)16-32-34-30(37)29-22(3)33-28-15-10-24(31)18-36(28)29/h4-16,18H,17,19H2,1-3H3,(H,34,37)/b32-16+. The third-order valence-electron chi connectivity index (χ3n) is 6.48. The predicted octanol–water partition coefficient (Wildman–Crippen LogP) is 5.77. The third kappa shape index (κ3) is 6.48. The number of fused-ring (bicyclic) bond motifs is 1. The van der Waals surface area contributed by atoms with E-state index in [0.29, 0.717) is 28.6 Å². The van der Waals surface area contributed by atoms with Gasteiger partial charge in [0.15, 0.2) is 0 Å². The molecule has 0 saturated heterocycles. The number of hydrogen-bond donors (Lipinski definition) is 1. The Morgan fingerprint density at radius 2 is 1.66 bits per heavy atom. The first-order valence-electron chi connectivity index (χ1n) is 12.8. The normalized spacial score (nSPS) is 12.0. The molecule has 41 heavy (non-hydrogen) atoms. The number of aryl methyl sites for hydroxylation is 3. The quantitative estimate of drug-likeness (QED) is 0.164. The number of nitrogens with zero attached hydrogens (tertiary/aromatic N) is 4. The Hall–Kier alpha value is -4.06.